The molecule has 0 atom stereocenters. The smallest absolute Gasteiger partial charge is 0.475 e. The van der Waals surface area contributed by atoms with Crippen molar-refractivity contribution < 1.29 is 55.7 Å². The lowest BCUT2D eigenvalue weighted by Gasteiger charge is -2.52. The van der Waals surface area contributed by atoms with Crippen molar-refractivity contribution in [1.82, 2.24) is 20.4 Å². The number of alkyl carbamates (subject to hydrolysis) is 1. The van der Waals surface area contributed by atoms with E-state index in [0.29, 0.717) is 24.0 Å². The van der Waals surface area contributed by atoms with Crippen molar-refractivity contribution in [3.8, 4) is 0 Å². The van der Waals surface area contributed by atoms with Crippen LogP contribution in [0.25, 0.3) is 0 Å². The Labute approximate surface area is 214 Å². The number of ether oxygens (including phenoxy) is 1. The Morgan fingerprint density at radius 3 is 1.95 bits per heavy atom. The molecule has 1 aliphatic carbocycles. The molecule has 218 valence electrons. The van der Waals surface area contributed by atoms with Gasteiger partial charge in [-0.05, 0) is 63.1 Å². The molecule has 38 heavy (non-hydrogen) atoms. The van der Waals surface area contributed by atoms with E-state index in [2.05, 4.69) is 26.5 Å². The number of carbonyl (C=O) groups excluding carboxylic acids is 1. The van der Waals surface area contributed by atoms with Crippen molar-refractivity contribution in [2.75, 3.05) is 19.7 Å². The van der Waals surface area contributed by atoms with Crippen LogP contribution in [0.1, 0.15) is 50.9 Å². The first-order valence-electron chi connectivity index (χ1n) is 11.6. The molecule has 1 amide bonds. The molecule has 2 aliphatic rings. The van der Waals surface area contributed by atoms with Crippen LogP contribution >= 0.6 is 0 Å². The van der Waals surface area contributed by atoms with E-state index in [0.717, 1.165) is 43.9 Å². The van der Waals surface area contributed by atoms with Crippen molar-refractivity contribution in [3.63, 3.8) is 0 Å². The quantitative estimate of drug-likeness (QED) is 0.393. The second-order valence-electron chi connectivity index (χ2n) is 9.67. The molecule has 4 N–H and O–H groups in total. The summed E-state index contributed by atoms with van der Waals surface area (Å²) >= 11 is 0. The number of aromatic nitrogens is 2. The summed E-state index contributed by atoms with van der Waals surface area (Å²) in [5.74, 6) is -5.13. The monoisotopic (exact) mass is 562 g/mol. The van der Waals surface area contributed by atoms with Crippen LogP contribution < -0.4 is 5.32 Å². The van der Waals surface area contributed by atoms with Crippen molar-refractivity contribution in [1.29, 1.82) is 0 Å². The Kier molecular flexibility index (Phi) is 11.9. The lowest BCUT2D eigenvalue weighted by Crippen LogP contribution is -2.54. The molecule has 0 aromatic carbocycles. The number of halogens is 6. The highest BCUT2D eigenvalue weighted by Gasteiger charge is 2.46. The molecule has 1 aromatic rings. The van der Waals surface area contributed by atoms with E-state index in [4.69, 9.17) is 24.5 Å². The summed E-state index contributed by atoms with van der Waals surface area (Å²) in [7, 11) is 0. The average molecular weight is 563 g/mol. The van der Waals surface area contributed by atoms with Gasteiger partial charge in [-0.3, -0.25) is 10.00 Å². The molecule has 1 aliphatic heterocycles. The lowest BCUT2D eigenvalue weighted by molar-refractivity contribution is -0.193. The van der Waals surface area contributed by atoms with Crippen LogP contribution in [0.5, 0.6) is 0 Å². The molecular weight excluding hydrogens is 530 g/mol. The van der Waals surface area contributed by atoms with Crippen molar-refractivity contribution in [2.45, 2.75) is 71.4 Å². The van der Waals surface area contributed by atoms with Gasteiger partial charge < -0.3 is 20.3 Å². The van der Waals surface area contributed by atoms with Gasteiger partial charge in [-0.1, -0.05) is 13.8 Å². The van der Waals surface area contributed by atoms with Crippen LogP contribution in [-0.4, -0.2) is 81.4 Å². The zero-order valence-corrected chi connectivity index (χ0v) is 21.1. The Morgan fingerprint density at radius 1 is 1.11 bits per heavy atom. The number of H-pyrrole nitrogens is 1. The molecule has 2 heterocycles. The summed E-state index contributed by atoms with van der Waals surface area (Å²) in [5.41, 5.74) is 2.69. The second kappa shape index (κ2) is 13.7. The van der Waals surface area contributed by atoms with Gasteiger partial charge in [0.15, 0.2) is 0 Å². The molecule has 2 fully saturated rings. The van der Waals surface area contributed by atoms with Crippen molar-refractivity contribution in [3.05, 3.63) is 17.5 Å². The first-order chi connectivity index (χ1) is 17.3. The molecule has 1 saturated carbocycles. The van der Waals surface area contributed by atoms with E-state index >= 15 is 0 Å². The number of hydrogen-bond donors (Lipinski definition) is 4. The highest BCUT2D eigenvalue weighted by Crippen LogP contribution is 2.49. The molecule has 1 spiro atoms. The number of rotatable bonds is 5. The number of aromatic amines is 1. The number of nitrogens with one attached hydrogen (secondary N) is 2. The fourth-order valence-electron chi connectivity index (χ4n) is 3.92. The zero-order valence-electron chi connectivity index (χ0n) is 21.1. The van der Waals surface area contributed by atoms with Gasteiger partial charge in [0.1, 0.15) is 0 Å². The predicted octanol–water partition coefficient (Wildman–Crippen LogP) is 4.11. The number of nitrogens with zero attached hydrogens (tertiary/aromatic N) is 2. The number of aryl methyl sites for hydroxylation is 1. The van der Waals surface area contributed by atoms with Crippen LogP contribution in [0.4, 0.5) is 31.1 Å². The maximum atomic E-state index is 11.7. The number of aliphatic carboxylic acids is 2. The number of carboxylic acid groups (broad SMARTS) is 2. The Bertz CT molecular complexity index is 894. The molecule has 0 radical (unpaired) electrons. The fourth-order valence-corrected chi connectivity index (χ4v) is 3.92. The van der Waals surface area contributed by atoms with Crippen LogP contribution in [0, 0.1) is 18.3 Å². The topological polar surface area (TPSA) is 145 Å². The summed E-state index contributed by atoms with van der Waals surface area (Å²) < 4.78 is 68.7. The molecule has 1 aromatic heterocycles. The SMILES string of the molecule is Cc1cc(CN2CCC3(CC2)CC(NC(=O)OCC(C)C)C3)n[nH]1.O=C(O)C(F)(F)F.O=C(O)C(F)(F)F. The van der Waals surface area contributed by atoms with E-state index in [-0.39, 0.29) is 6.09 Å². The van der Waals surface area contributed by atoms with Gasteiger partial charge in [-0.25, -0.2) is 14.4 Å². The minimum absolute atomic E-state index is 0.255. The molecule has 10 nitrogen and oxygen atoms in total. The predicted molar refractivity (Wildman–Crippen MR) is 120 cm³/mol. The maximum absolute atomic E-state index is 11.7. The van der Waals surface area contributed by atoms with Gasteiger partial charge in [-0.2, -0.15) is 31.4 Å². The van der Waals surface area contributed by atoms with Gasteiger partial charge in [0.25, 0.3) is 0 Å². The Balaban J connectivity index is 0.000000426. The number of carboxylic acids is 2. The summed E-state index contributed by atoms with van der Waals surface area (Å²) in [4.78, 5) is 32.0. The molecule has 3 rings (SSSR count). The van der Waals surface area contributed by atoms with Crippen molar-refractivity contribution >= 4 is 18.0 Å². The average Bonchev–Trinajstić information content (AvgIpc) is 3.16. The van der Waals surface area contributed by atoms with Gasteiger partial charge in [0.05, 0.1) is 12.3 Å². The number of hydrogen-bond acceptors (Lipinski definition) is 6. The number of amides is 1. The number of carbonyl (C=O) groups is 3. The number of likely N-dealkylation sites (tertiary alicyclic amines) is 1. The van der Waals surface area contributed by atoms with Crippen molar-refractivity contribution in [2.24, 2.45) is 11.3 Å². The van der Waals surface area contributed by atoms with Gasteiger partial charge in [0, 0.05) is 18.3 Å². The number of alkyl halides is 6. The van der Waals surface area contributed by atoms with E-state index < -0.39 is 24.3 Å². The summed E-state index contributed by atoms with van der Waals surface area (Å²) in [6, 6.07) is 2.42. The third kappa shape index (κ3) is 12.0. The fraction of sp³-hybridized carbons (Fsp3) is 0.727. The van der Waals surface area contributed by atoms with Gasteiger partial charge >= 0.3 is 30.4 Å². The molecular formula is C22H32F6N4O6. The van der Waals surface area contributed by atoms with Crippen LogP contribution in [0.15, 0.2) is 6.07 Å². The first kappa shape index (κ1) is 33.0. The largest absolute Gasteiger partial charge is 0.490 e. The minimum Gasteiger partial charge on any atom is -0.475 e. The Hall–Kier alpha value is -3.04. The molecule has 0 unspecified atom stereocenters. The molecule has 16 heteroatoms. The van der Waals surface area contributed by atoms with Gasteiger partial charge in [-0.15, -0.1) is 0 Å². The van der Waals surface area contributed by atoms with E-state index in [1.165, 1.54) is 12.8 Å². The summed E-state index contributed by atoms with van der Waals surface area (Å²) in [5, 5.41) is 24.6. The van der Waals surface area contributed by atoms with Gasteiger partial charge in [0.2, 0.25) is 0 Å². The minimum atomic E-state index is -5.08. The van der Waals surface area contributed by atoms with Crippen LogP contribution in [0.2, 0.25) is 0 Å². The summed E-state index contributed by atoms with van der Waals surface area (Å²) in [6.45, 7) is 9.80. The first-order valence-corrected chi connectivity index (χ1v) is 11.6. The van der Waals surface area contributed by atoms with Crippen LogP contribution in [-0.2, 0) is 20.9 Å². The second-order valence-corrected chi connectivity index (χ2v) is 9.67. The third-order valence-electron chi connectivity index (χ3n) is 5.77. The zero-order chi connectivity index (χ0) is 29.3. The standard InChI is InChI=1S/C18H30N4O2.2C2HF3O2/c1-13(2)12-24-17(23)19-16-9-18(10-16)4-6-22(7-5-18)11-15-8-14(3)20-21-15;2*3-2(4,5)1(6)7/h8,13,16H,4-7,9-12H2,1-3H3,(H,19,23)(H,20,21);2*(H,6,7). The maximum Gasteiger partial charge on any atom is 0.490 e. The highest BCUT2D eigenvalue weighted by atomic mass is 19.4. The lowest BCUT2D eigenvalue weighted by atomic mass is 9.60. The van der Waals surface area contributed by atoms with Crippen LogP contribution in [0.3, 0.4) is 0 Å². The highest BCUT2D eigenvalue weighted by molar-refractivity contribution is 5.73. The molecule has 0 bridgehead atoms. The van der Waals surface area contributed by atoms with E-state index in [1.54, 1.807) is 0 Å². The van der Waals surface area contributed by atoms with E-state index in [9.17, 15) is 31.1 Å². The third-order valence-corrected chi connectivity index (χ3v) is 5.77. The molecule has 1 saturated heterocycles. The normalized spacial score (nSPS) is 17.4. The summed E-state index contributed by atoms with van der Waals surface area (Å²) in [6.07, 6.45) is -5.79. The number of piperidine rings is 1. The van der Waals surface area contributed by atoms with E-state index in [1.807, 2.05) is 20.8 Å². The Morgan fingerprint density at radius 2 is 1.58 bits per heavy atom.